The van der Waals surface area contributed by atoms with E-state index in [4.69, 9.17) is 9.47 Å². The highest BCUT2D eigenvalue weighted by Crippen LogP contribution is 2.46. The zero-order valence-corrected chi connectivity index (χ0v) is 25.7. The molecule has 6 rings (SSSR count). The zero-order valence-electron chi connectivity index (χ0n) is 24.9. The maximum atomic E-state index is 14.4. The van der Waals surface area contributed by atoms with Crippen molar-refractivity contribution in [1.29, 1.82) is 0 Å². The van der Waals surface area contributed by atoms with Crippen molar-refractivity contribution in [2.24, 2.45) is 0 Å². The molecular formula is C34H36N2O6S. The summed E-state index contributed by atoms with van der Waals surface area (Å²) in [5, 5.41) is 11.3. The lowest BCUT2D eigenvalue weighted by atomic mass is 9.83. The van der Waals surface area contributed by atoms with Crippen LogP contribution in [0.1, 0.15) is 62.0 Å². The average Bonchev–Trinajstić information content (AvgIpc) is 2.98. The number of benzene rings is 3. The van der Waals surface area contributed by atoms with Crippen LogP contribution in [0.4, 0.5) is 5.69 Å². The average molecular weight is 601 g/mol. The molecule has 0 radical (unpaired) electrons. The minimum Gasteiger partial charge on any atom is -0.493 e. The number of para-hydroxylation sites is 1. The zero-order chi connectivity index (χ0) is 30.5. The quantitative estimate of drug-likeness (QED) is 0.265. The molecule has 0 aliphatic carbocycles. The summed E-state index contributed by atoms with van der Waals surface area (Å²) in [5.41, 5.74) is 4.77. The van der Waals surface area contributed by atoms with Crippen LogP contribution in [0.25, 0.3) is 22.0 Å². The molecule has 9 heteroatoms. The van der Waals surface area contributed by atoms with Gasteiger partial charge in [-0.15, -0.1) is 0 Å². The highest BCUT2D eigenvalue weighted by atomic mass is 32.2. The molecule has 3 aromatic carbocycles. The van der Waals surface area contributed by atoms with Gasteiger partial charge in [0.25, 0.3) is 10.0 Å². The van der Waals surface area contributed by atoms with Crippen LogP contribution in [-0.4, -0.2) is 43.2 Å². The molecule has 3 heterocycles. The number of aryl methyl sites for hydroxylation is 2. The molecule has 1 N–H and O–H groups in total. The number of fused-ring (bicyclic) bond motifs is 3. The van der Waals surface area contributed by atoms with Gasteiger partial charge in [-0.25, -0.2) is 13.2 Å². The third-order valence-electron chi connectivity index (χ3n) is 8.03. The van der Waals surface area contributed by atoms with E-state index in [9.17, 15) is 18.3 Å². The Labute approximate surface area is 252 Å². The summed E-state index contributed by atoms with van der Waals surface area (Å²) in [5.74, 6) is -0.280. The molecule has 224 valence electrons. The van der Waals surface area contributed by atoms with Crippen LogP contribution in [0.2, 0.25) is 0 Å². The van der Waals surface area contributed by atoms with Gasteiger partial charge in [0, 0.05) is 23.7 Å². The van der Waals surface area contributed by atoms with Crippen molar-refractivity contribution in [2.75, 3.05) is 17.5 Å². The molecule has 0 bridgehead atoms. The molecule has 0 fully saturated rings. The Bertz CT molecular complexity index is 1840. The van der Waals surface area contributed by atoms with Crippen LogP contribution >= 0.6 is 0 Å². The number of hydrogen-bond acceptors (Lipinski definition) is 6. The summed E-state index contributed by atoms with van der Waals surface area (Å²) in [4.78, 5) is 17.5. The summed E-state index contributed by atoms with van der Waals surface area (Å²) in [7, 11) is -4.04. The molecule has 0 saturated heterocycles. The first-order valence-corrected chi connectivity index (χ1v) is 16.1. The Balaban J connectivity index is 1.60. The molecule has 43 heavy (non-hydrogen) atoms. The highest BCUT2D eigenvalue weighted by molar-refractivity contribution is 7.93. The number of carboxylic acid groups (broad SMARTS) is 1. The number of carboxylic acids is 1. The fraction of sp³-hybridized carbons (Fsp3) is 0.353. The second-order valence-electron chi connectivity index (χ2n) is 12.2. The molecule has 0 spiro atoms. The van der Waals surface area contributed by atoms with Crippen molar-refractivity contribution in [3.05, 3.63) is 83.0 Å². The normalized spacial score (nSPS) is 15.9. The summed E-state index contributed by atoms with van der Waals surface area (Å²) >= 11 is 0. The van der Waals surface area contributed by atoms with E-state index in [1.54, 1.807) is 24.4 Å². The number of aromatic nitrogens is 1. The Morgan fingerprint density at radius 1 is 1.07 bits per heavy atom. The number of hydrogen-bond donors (Lipinski definition) is 1. The molecule has 1 aromatic heterocycles. The number of sulfonamides is 1. The highest BCUT2D eigenvalue weighted by Gasteiger charge is 2.38. The van der Waals surface area contributed by atoms with Crippen molar-refractivity contribution in [3.8, 4) is 16.9 Å². The number of ether oxygens (including phenoxy) is 2. The van der Waals surface area contributed by atoms with Crippen LogP contribution in [0.5, 0.6) is 5.75 Å². The minimum atomic E-state index is -4.04. The van der Waals surface area contributed by atoms with Gasteiger partial charge < -0.3 is 14.6 Å². The number of anilines is 1. The lowest BCUT2D eigenvalue weighted by molar-refractivity contribution is -0.160. The maximum absolute atomic E-state index is 14.4. The van der Waals surface area contributed by atoms with Gasteiger partial charge in [-0.2, -0.15) is 0 Å². The minimum absolute atomic E-state index is 0.122. The lowest BCUT2D eigenvalue weighted by Crippen LogP contribution is -2.37. The van der Waals surface area contributed by atoms with Gasteiger partial charge in [0.1, 0.15) is 10.6 Å². The third-order valence-corrected chi connectivity index (χ3v) is 9.87. The number of nitrogens with zero attached hydrogens (tertiary/aromatic N) is 2. The number of pyridine rings is 1. The predicted octanol–water partition coefficient (Wildman–Crippen LogP) is 6.62. The largest absolute Gasteiger partial charge is 0.493 e. The fourth-order valence-corrected chi connectivity index (χ4v) is 7.99. The van der Waals surface area contributed by atoms with Gasteiger partial charge in [-0.3, -0.25) is 9.29 Å². The van der Waals surface area contributed by atoms with Crippen LogP contribution in [0.3, 0.4) is 0 Å². The first-order valence-electron chi connectivity index (χ1n) is 14.7. The summed E-state index contributed by atoms with van der Waals surface area (Å²) in [6.45, 7) is 8.32. The molecular weight excluding hydrogens is 564 g/mol. The van der Waals surface area contributed by atoms with Crippen LogP contribution in [0, 0.1) is 6.92 Å². The molecule has 1 unspecified atom stereocenters. The monoisotopic (exact) mass is 600 g/mol. The Hall–Kier alpha value is -3.95. The van der Waals surface area contributed by atoms with E-state index in [1.165, 1.54) is 4.31 Å². The number of carbonyl (C=O) groups is 1. The van der Waals surface area contributed by atoms with Gasteiger partial charge in [0.2, 0.25) is 0 Å². The van der Waals surface area contributed by atoms with Gasteiger partial charge in [-0.1, -0.05) is 24.3 Å². The third kappa shape index (κ3) is 5.36. The van der Waals surface area contributed by atoms with E-state index < -0.39 is 27.7 Å². The van der Waals surface area contributed by atoms with E-state index in [0.717, 1.165) is 46.2 Å². The van der Waals surface area contributed by atoms with Gasteiger partial charge in [0.05, 0.1) is 23.4 Å². The molecule has 0 amide bonds. The van der Waals surface area contributed by atoms with Crippen molar-refractivity contribution in [2.45, 2.75) is 70.0 Å². The van der Waals surface area contributed by atoms with Crippen LogP contribution in [0.15, 0.2) is 65.7 Å². The van der Waals surface area contributed by atoms with Crippen molar-refractivity contribution in [3.63, 3.8) is 0 Å². The summed E-state index contributed by atoms with van der Waals surface area (Å²) < 4.78 is 42.2. The maximum Gasteiger partial charge on any atom is 0.337 e. The SMILES string of the molecule is Cc1cc2c(c(C(OC(C)(C)C)C(=O)O)c1-c1ccc3c(c1)CCCO3)CCCN2S(=O)(=O)c1cccc2cccnc12. The van der Waals surface area contributed by atoms with E-state index in [2.05, 4.69) is 11.1 Å². The number of rotatable bonds is 6. The molecule has 2 aliphatic rings. The Morgan fingerprint density at radius 2 is 1.86 bits per heavy atom. The Morgan fingerprint density at radius 3 is 2.63 bits per heavy atom. The van der Waals surface area contributed by atoms with Gasteiger partial charge in [-0.05, 0) is 112 Å². The van der Waals surface area contributed by atoms with Crippen molar-refractivity contribution < 1.29 is 27.8 Å². The molecule has 4 aromatic rings. The van der Waals surface area contributed by atoms with Gasteiger partial charge in [0.15, 0.2) is 6.10 Å². The van der Waals surface area contributed by atoms with Crippen molar-refractivity contribution >= 4 is 32.6 Å². The Kier molecular flexibility index (Phi) is 7.42. The van der Waals surface area contributed by atoms with E-state index in [1.807, 2.05) is 58.0 Å². The first kappa shape index (κ1) is 29.1. The molecule has 1 atom stereocenters. The smallest absolute Gasteiger partial charge is 0.337 e. The standard InChI is InChI=1S/C34H36N2O6S/c1-21-19-26-25(12-7-17-36(26)43(39,40)28-13-5-9-22-10-6-16-35-31(22)28)30(32(33(37)38)42-34(2,3)4)29(21)24-14-15-27-23(20-24)11-8-18-41-27/h5-6,9-10,13-16,19-20,32H,7-8,11-12,17-18H2,1-4H3,(H,37,38). The summed E-state index contributed by atoms with van der Waals surface area (Å²) in [6.07, 6.45) is 3.10. The second kappa shape index (κ2) is 11.0. The number of aliphatic carboxylic acids is 1. The van der Waals surface area contributed by atoms with E-state index >= 15 is 0 Å². The van der Waals surface area contributed by atoms with E-state index in [0.29, 0.717) is 41.8 Å². The fourth-order valence-electron chi connectivity index (χ4n) is 6.30. The topological polar surface area (TPSA) is 106 Å². The molecule has 0 saturated carbocycles. The molecule has 8 nitrogen and oxygen atoms in total. The summed E-state index contributed by atoms with van der Waals surface area (Å²) in [6, 6.07) is 16.6. The van der Waals surface area contributed by atoms with E-state index in [-0.39, 0.29) is 11.4 Å². The predicted molar refractivity (Wildman–Crippen MR) is 166 cm³/mol. The van der Waals surface area contributed by atoms with Crippen molar-refractivity contribution in [1.82, 2.24) is 4.98 Å². The second-order valence-corrected chi connectivity index (χ2v) is 14.0. The van der Waals surface area contributed by atoms with Crippen LogP contribution in [-0.2, 0) is 32.4 Å². The molecule has 2 aliphatic heterocycles. The lowest BCUT2D eigenvalue weighted by Gasteiger charge is -2.36. The van der Waals surface area contributed by atoms with Gasteiger partial charge >= 0.3 is 5.97 Å². The van der Waals surface area contributed by atoms with Crippen LogP contribution < -0.4 is 9.04 Å². The first-order chi connectivity index (χ1) is 20.5.